The molecule has 0 N–H and O–H groups in total. The van der Waals surface area contributed by atoms with E-state index in [-0.39, 0.29) is 5.38 Å². The van der Waals surface area contributed by atoms with E-state index in [4.69, 9.17) is 11.6 Å². The lowest BCUT2D eigenvalue weighted by molar-refractivity contribution is 0.931. The van der Waals surface area contributed by atoms with Crippen LogP contribution >= 0.6 is 27.5 Å². The van der Waals surface area contributed by atoms with Gasteiger partial charge in [0.05, 0.1) is 0 Å². The largest absolute Gasteiger partial charge is 0.123 e. The number of benzene rings is 1. The molecule has 0 spiro atoms. The quantitative estimate of drug-likeness (QED) is 0.685. The fourth-order valence-electron chi connectivity index (χ4n) is 0.945. The number of alkyl halides is 1. The molecule has 0 saturated heterocycles. The van der Waals surface area contributed by atoms with Crippen molar-refractivity contribution in [1.29, 1.82) is 0 Å². The van der Waals surface area contributed by atoms with E-state index in [1.807, 2.05) is 19.1 Å². The molecule has 1 aromatic rings. The molecule has 1 atom stereocenters. The first-order valence-corrected chi connectivity index (χ1v) is 4.80. The van der Waals surface area contributed by atoms with Crippen molar-refractivity contribution in [2.24, 2.45) is 0 Å². The molecule has 0 unspecified atom stereocenters. The van der Waals surface area contributed by atoms with Gasteiger partial charge in [-0.05, 0) is 31.0 Å². The van der Waals surface area contributed by atoms with Crippen LogP contribution in [0.4, 0.5) is 0 Å². The Morgan fingerprint density at radius 1 is 1.36 bits per heavy atom. The van der Waals surface area contributed by atoms with E-state index in [1.54, 1.807) is 0 Å². The van der Waals surface area contributed by atoms with E-state index in [0.717, 1.165) is 10.9 Å². The van der Waals surface area contributed by atoms with Gasteiger partial charge in [0.25, 0.3) is 0 Å². The molecule has 0 aromatic heterocycles. The molecule has 60 valence electrons. The van der Waals surface area contributed by atoms with Crippen LogP contribution in [-0.4, -0.2) is 5.38 Å². The van der Waals surface area contributed by atoms with Crippen LogP contribution in [0.15, 0.2) is 28.7 Å². The highest BCUT2D eigenvalue weighted by atomic mass is 79.9. The maximum absolute atomic E-state index is 5.84. The zero-order valence-corrected chi connectivity index (χ0v) is 8.69. The first kappa shape index (κ1) is 9.08. The Hall–Kier alpha value is -0.0100. The minimum absolute atomic E-state index is 0.219. The summed E-state index contributed by atoms with van der Waals surface area (Å²) in [6.07, 6.45) is 0.939. The molecule has 0 aliphatic carbocycles. The van der Waals surface area contributed by atoms with Gasteiger partial charge in [-0.15, -0.1) is 11.6 Å². The first-order chi connectivity index (χ1) is 5.18. The number of halogens is 2. The highest BCUT2D eigenvalue weighted by Gasteiger charge is 1.97. The second-order valence-corrected chi connectivity index (χ2v) is 4.27. The molecular formula is C9H10BrCl. The van der Waals surface area contributed by atoms with Gasteiger partial charge in [0, 0.05) is 9.85 Å². The van der Waals surface area contributed by atoms with Gasteiger partial charge in [0.15, 0.2) is 0 Å². The van der Waals surface area contributed by atoms with Gasteiger partial charge in [0.2, 0.25) is 0 Å². The lowest BCUT2D eigenvalue weighted by Gasteiger charge is -2.01. The normalized spacial score (nSPS) is 13.0. The second-order valence-electron chi connectivity index (χ2n) is 2.61. The van der Waals surface area contributed by atoms with Gasteiger partial charge in [0.1, 0.15) is 0 Å². The Balaban J connectivity index is 2.66. The maximum atomic E-state index is 5.84. The zero-order chi connectivity index (χ0) is 8.27. The maximum Gasteiger partial charge on any atom is 0.0348 e. The van der Waals surface area contributed by atoms with E-state index in [1.165, 1.54) is 5.56 Å². The van der Waals surface area contributed by atoms with Crippen LogP contribution in [-0.2, 0) is 6.42 Å². The predicted octanol–water partition coefficient (Wildman–Crippen LogP) is 3.62. The van der Waals surface area contributed by atoms with E-state index in [9.17, 15) is 0 Å². The van der Waals surface area contributed by atoms with Crippen molar-refractivity contribution in [1.82, 2.24) is 0 Å². The minimum atomic E-state index is 0.219. The van der Waals surface area contributed by atoms with Crippen LogP contribution in [0.1, 0.15) is 12.5 Å². The minimum Gasteiger partial charge on any atom is -0.123 e. The fourth-order valence-corrected chi connectivity index (χ4v) is 1.39. The lowest BCUT2D eigenvalue weighted by Crippen LogP contribution is -1.95. The number of hydrogen-bond acceptors (Lipinski definition) is 0. The van der Waals surface area contributed by atoms with Crippen molar-refractivity contribution in [2.75, 3.05) is 0 Å². The molecule has 1 aromatic carbocycles. The predicted molar refractivity (Wildman–Crippen MR) is 53.2 cm³/mol. The standard InChI is InChI=1S/C9H10BrCl/c1-7(11)6-8-2-4-9(10)5-3-8/h2-5,7H,6H2,1H3/t7-/m1/s1. The van der Waals surface area contributed by atoms with E-state index in [0.29, 0.717) is 0 Å². The summed E-state index contributed by atoms with van der Waals surface area (Å²) in [6.45, 7) is 2.00. The molecule has 0 amide bonds. The molecule has 11 heavy (non-hydrogen) atoms. The van der Waals surface area contributed by atoms with E-state index >= 15 is 0 Å². The second kappa shape index (κ2) is 4.13. The Kier molecular flexibility index (Phi) is 3.41. The van der Waals surface area contributed by atoms with Crippen molar-refractivity contribution in [2.45, 2.75) is 18.7 Å². The number of rotatable bonds is 2. The lowest BCUT2D eigenvalue weighted by atomic mass is 10.1. The molecule has 0 radical (unpaired) electrons. The van der Waals surface area contributed by atoms with Crippen LogP contribution in [0, 0.1) is 0 Å². The average Bonchev–Trinajstić information content (AvgIpc) is 1.93. The third kappa shape index (κ3) is 3.26. The molecule has 1 rings (SSSR count). The van der Waals surface area contributed by atoms with Gasteiger partial charge in [-0.1, -0.05) is 28.1 Å². The summed E-state index contributed by atoms with van der Waals surface area (Å²) >= 11 is 9.22. The van der Waals surface area contributed by atoms with Gasteiger partial charge in [-0.3, -0.25) is 0 Å². The summed E-state index contributed by atoms with van der Waals surface area (Å²) < 4.78 is 1.11. The number of hydrogen-bond donors (Lipinski definition) is 0. The molecule has 2 heteroatoms. The third-order valence-electron chi connectivity index (χ3n) is 1.43. The summed E-state index contributed by atoms with van der Waals surface area (Å²) in [5, 5.41) is 0.219. The molecule has 0 nitrogen and oxygen atoms in total. The van der Waals surface area contributed by atoms with Crippen molar-refractivity contribution in [3.63, 3.8) is 0 Å². The summed E-state index contributed by atoms with van der Waals surface area (Å²) in [4.78, 5) is 0. The summed E-state index contributed by atoms with van der Waals surface area (Å²) in [6, 6.07) is 8.25. The van der Waals surface area contributed by atoms with Crippen molar-refractivity contribution in [3.05, 3.63) is 34.3 Å². The molecule has 0 heterocycles. The average molecular weight is 234 g/mol. The SMILES string of the molecule is C[C@@H](Cl)Cc1ccc(Br)cc1. The van der Waals surface area contributed by atoms with Gasteiger partial charge < -0.3 is 0 Å². The fraction of sp³-hybridized carbons (Fsp3) is 0.333. The van der Waals surface area contributed by atoms with Crippen LogP contribution in [0.2, 0.25) is 0 Å². The third-order valence-corrected chi connectivity index (χ3v) is 2.11. The molecular weight excluding hydrogens is 223 g/mol. The Morgan fingerprint density at radius 2 is 1.91 bits per heavy atom. The zero-order valence-electron chi connectivity index (χ0n) is 6.35. The van der Waals surface area contributed by atoms with Crippen LogP contribution in [0.3, 0.4) is 0 Å². The smallest absolute Gasteiger partial charge is 0.0348 e. The molecule has 0 bridgehead atoms. The van der Waals surface area contributed by atoms with Crippen LogP contribution in [0.5, 0.6) is 0 Å². The van der Waals surface area contributed by atoms with Crippen LogP contribution in [0.25, 0.3) is 0 Å². The van der Waals surface area contributed by atoms with Crippen molar-refractivity contribution >= 4 is 27.5 Å². The van der Waals surface area contributed by atoms with Gasteiger partial charge in [-0.2, -0.15) is 0 Å². The summed E-state index contributed by atoms with van der Waals surface area (Å²) in [7, 11) is 0. The van der Waals surface area contributed by atoms with Gasteiger partial charge in [-0.25, -0.2) is 0 Å². The van der Waals surface area contributed by atoms with Crippen molar-refractivity contribution < 1.29 is 0 Å². The summed E-state index contributed by atoms with van der Waals surface area (Å²) in [5.74, 6) is 0. The highest BCUT2D eigenvalue weighted by molar-refractivity contribution is 9.10. The highest BCUT2D eigenvalue weighted by Crippen LogP contribution is 2.13. The molecule has 0 aliphatic heterocycles. The van der Waals surface area contributed by atoms with Crippen molar-refractivity contribution in [3.8, 4) is 0 Å². The molecule has 0 aliphatic rings. The Bertz CT molecular complexity index is 216. The molecule has 0 saturated carbocycles. The van der Waals surface area contributed by atoms with E-state index < -0.39 is 0 Å². The topological polar surface area (TPSA) is 0 Å². The Labute approximate surface area is 80.7 Å². The molecule has 0 fully saturated rings. The van der Waals surface area contributed by atoms with Gasteiger partial charge >= 0.3 is 0 Å². The Morgan fingerprint density at radius 3 is 2.36 bits per heavy atom. The first-order valence-electron chi connectivity index (χ1n) is 3.57. The van der Waals surface area contributed by atoms with Crippen LogP contribution < -0.4 is 0 Å². The van der Waals surface area contributed by atoms with E-state index in [2.05, 4.69) is 28.1 Å². The summed E-state index contributed by atoms with van der Waals surface area (Å²) in [5.41, 5.74) is 1.29. The monoisotopic (exact) mass is 232 g/mol.